The first-order valence-corrected chi connectivity index (χ1v) is 26.1. The Hall–Kier alpha value is -6.70. The van der Waals surface area contributed by atoms with Crippen LogP contribution in [0, 0.1) is 0 Å². The van der Waals surface area contributed by atoms with Gasteiger partial charge in [-0.05, 0) is 81.0 Å². The summed E-state index contributed by atoms with van der Waals surface area (Å²) in [6.45, 7) is 2.56. The second kappa shape index (κ2) is 27.9. The molecule has 1 saturated heterocycles. The number of carboxylic acid groups (broad SMARTS) is 1. The Labute approximate surface area is 429 Å². The van der Waals surface area contributed by atoms with Gasteiger partial charge in [0.15, 0.2) is 6.04 Å². The second-order valence-corrected chi connectivity index (χ2v) is 20.2. The maximum atomic E-state index is 14.7. The number of carboxylic acids is 1. The maximum Gasteiger partial charge on any atom is 0.328 e. The van der Waals surface area contributed by atoms with Gasteiger partial charge in [0.25, 0.3) is 0 Å². The van der Waals surface area contributed by atoms with Crippen LogP contribution in [0.25, 0.3) is 10.9 Å². The van der Waals surface area contributed by atoms with Gasteiger partial charge in [-0.25, -0.2) is 4.79 Å². The number of aromatic nitrogens is 1. The molecule has 24 heteroatoms. The number of carbonyl (C=O) groups excluding carboxylic acids is 7. The SMILES string of the molecule is C[C@@H](O)[C@H](NC(=O)[C@@H]1CSSC[C@H](NC(=O)[C@H](N)Cc2ccccc2)C(=O)N[C@@H](Cc2ccc(O)cc2)C(=O)N[C@H](Cc2c[nH]c3ccccc23)C(=O)N[C@@H](CCCCN)C(=O)N[C@H]([C@@H](C)O)C(=O)N1)C(=O)O. The van der Waals surface area contributed by atoms with E-state index < -0.39 is 108 Å². The second-order valence-electron chi connectivity index (χ2n) is 17.7. The average molecular weight is 1050 g/mol. The summed E-state index contributed by atoms with van der Waals surface area (Å²) in [6.07, 6.45) is -1.03. The van der Waals surface area contributed by atoms with E-state index in [9.17, 15) is 58.8 Å². The molecular weight excluding hydrogens is 985 g/mol. The summed E-state index contributed by atoms with van der Waals surface area (Å²) < 4.78 is 0. The number of nitrogens with one attached hydrogen (secondary N) is 8. The summed E-state index contributed by atoms with van der Waals surface area (Å²) in [6, 6.07) is 9.98. The van der Waals surface area contributed by atoms with Crippen molar-refractivity contribution < 1.29 is 58.8 Å². The topological polar surface area (TPSA) is 370 Å². The molecule has 22 nitrogen and oxygen atoms in total. The van der Waals surface area contributed by atoms with E-state index in [1.54, 1.807) is 42.6 Å². The van der Waals surface area contributed by atoms with Crippen LogP contribution in [0.15, 0.2) is 85.1 Å². The molecule has 2 heterocycles. The van der Waals surface area contributed by atoms with Gasteiger partial charge in [-0.1, -0.05) is 82.3 Å². The zero-order valence-electron chi connectivity index (χ0n) is 40.2. The number of nitrogens with two attached hydrogens (primary N) is 2. The van der Waals surface area contributed by atoms with Gasteiger partial charge in [0, 0.05) is 41.4 Å². The van der Waals surface area contributed by atoms with Crippen LogP contribution >= 0.6 is 21.6 Å². The van der Waals surface area contributed by atoms with E-state index in [2.05, 4.69) is 42.2 Å². The average Bonchev–Trinajstić information content (AvgIpc) is 3.76. The van der Waals surface area contributed by atoms with Gasteiger partial charge in [-0.2, -0.15) is 0 Å². The highest BCUT2D eigenvalue weighted by atomic mass is 33.1. The molecule has 0 spiro atoms. The lowest BCUT2D eigenvalue weighted by molar-refractivity contribution is -0.145. The molecule has 3 aromatic carbocycles. The normalized spacial score (nSPS) is 22.5. The number of fused-ring (bicyclic) bond motifs is 1. The van der Waals surface area contributed by atoms with Crippen molar-refractivity contribution in [1.29, 1.82) is 0 Å². The summed E-state index contributed by atoms with van der Waals surface area (Å²) in [7, 11) is 1.86. The van der Waals surface area contributed by atoms with Crippen molar-refractivity contribution in [3.05, 3.63) is 102 Å². The molecule has 1 aliphatic rings. The predicted octanol–water partition coefficient (Wildman–Crippen LogP) is -1.01. The fraction of sp³-hybridized carbons (Fsp3) is 0.429. The van der Waals surface area contributed by atoms with Crippen LogP contribution in [0.3, 0.4) is 0 Å². The summed E-state index contributed by atoms with van der Waals surface area (Å²) in [4.78, 5) is 115. The van der Waals surface area contributed by atoms with Crippen LogP contribution in [-0.4, -0.2) is 151 Å². The summed E-state index contributed by atoms with van der Waals surface area (Å²) in [5.74, 6) is -8.59. The Kier molecular flexibility index (Phi) is 21.9. The molecular formula is C49H64N10O12S2. The third-order valence-corrected chi connectivity index (χ3v) is 14.3. The van der Waals surface area contributed by atoms with E-state index >= 15 is 0 Å². The lowest BCUT2D eigenvalue weighted by Crippen LogP contribution is -2.62. The smallest absolute Gasteiger partial charge is 0.328 e. The first kappa shape index (κ1) is 57.2. The molecule has 1 aromatic heterocycles. The van der Waals surface area contributed by atoms with Crippen LogP contribution in [0.4, 0.5) is 0 Å². The Morgan fingerprint density at radius 2 is 1.34 bits per heavy atom. The number of aliphatic hydroxyl groups is 2. The van der Waals surface area contributed by atoms with Crippen molar-refractivity contribution in [1.82, 2.24) is 42.2 Å². The molecule has 0 radical (unpaired) electrons. The van der Waals surface area contributed by atoms with E-state index in [4.69, 9.17) is 11.5 Å². The number of phenols is 1. The third-order valence-electron chi connectivity index (χ3n) is 11.9. The first-order valence-electron chi connectivity index (χ1n) is 23.6. The lowest BCUT2D eigenvalue weighted by atomic mass is 10.0. The van der Waals surface area contributed by atoms with Crippen LogP contribution in [0.5, 0.6) is 5.75 Å². The Bertz CT molecular complexity index is 2530. The Balaban J connectivity index is 1.58. The number of phenolic OH excluding ortho intramolecular Hbond substituents is 1. The van der Waals surface area contributed by atoms with Gasteiger partial charge < -0.3 is 74.1 Å². The molecule has 1 aliphatic heterocycles. The molecule has 0 unspecified atom stereocenters. The number of aliphatic carboxylic acids is 1. The molecule has 4 aromatic rings. The lowest BCUT2D eigenvalue weighted by Gasteiger charge is -2.29. The predicted molar refractivity (Wildman–Crippen MR) is 274 cm³/mol. The van der Waals surface area contributed by atoms with E-state index in [-0.39, 0.29) is 49.5 Å². The van der Waals surface area contributed by atoms with Crippen molar-refractivity contribution >= 4 is 79.8 Å². The minimum Gasteiger partial charge on any atom is -0.508 e. The van der Waals surface area contributed by atoms with E-state index in [1.165, 1.54) is 31.2 Å². The number of unbranched alkanes of at least 4 members (excludes halogenated alkanes) is 1. The zero-order valence-corrected chi connectivity index (χ0v) is 41.9. The van der Waals surface area contributed by atoms with Gasteiger partial charge in [0.05, 0.1) is 18.2 Å². The maximum absolute atomic E-state index is 14.7. The van der Waals surface area contributed by atoms with Crippen molar-refractivity contribution in [3.8, 4) is 5.75 Å². The van der Waals surface area contributed by atoms with Gasteiger partial charge in [-0.3, -0.25) is 33.6 Å². The fourth-order valence-corrected chi connectivity index (χ4v) is 10.1. The van der Waals surface area contributed by atoms with E-state index in [1.807, 2.05) is 18.2 Å². The molecule has 394 valence electrons. The molecule has 0 aliphatic carbocycles. The zero-order chi connectivity index (χ0) is 53.2. The number of aliphatic hydroxyl groups excluding tert-OH is 2. The number of hydrogen-bond donors (Lipinski definition) is 14. The Morgan fingerprint density at radius 1 is 0.726 bits per heavy atom. The first-order chi connectivity index (χ1) is 34.8. The van der Waals surface area contributed by atoms with Crippen LogP contribution in [-0.2, 0) is 57.6 Å². The minimum absolute atomic E-state index is 0.0207. The molecule has 0 saturated carbocycles. The summed E-state index contributed by atoms with van der Waals surface area (Å²) in [5, 5.41) is 59.6. The van der Waals surface area contributed by atoms with E-state index in [0.717, 1.165) is 45.0 Å². The molecule has 0 bridgehead atoms. The number of para-hydroxylation sites is 1. The van der Waals surface area contributed by atoms with Gasteiger partial charge in [0.1, 0.15) is 42.0 Å². The fourth-order valence-electron chi connectivity index (χ4n) is 7.79. The minimum atomic E-state index is -1.82. The van der Waals surface area contributed by atoms with Crippen LogP contribution < -0.4 is 48.7 Å². The van der Waals surface area contributed by atoms with Crippen LogP contribution in [0.2, 0.25) is 0 Å². The number of H-pyrrole nitrogens is 1. The quantitative estimate of drug-likeness (QED) is 0.0445. The van der Waals surface area contributed by atoms with Crippen LogP contribution in [0.1, 0.15) is 49.8 Å². The number of aromatic amines is 1. The number of hydrogen-bond acceptors (Lipinski definition) is 15. The highest BCUT2D eigenvalue weighted by Gasteiger charge is 2.37. The van der Waals surface area contributed by atoms with Gasteiger partial charge in [0.2, 0.25) is 41.4 Å². The molecule has 5 rings (SSSR count). The largest absolute Gasteiger partial charge is 0.508 e. The molecule has 7 amide bonds. The summed E-state index contributed by atoms with van der Waals surface area (Å²) in [5.41, 5.74) is 14.7. The van der Waals surface area contributed by atoms with Crippen molar-refractivity contribution in [3.63, 3.8) is 0 Å². The van der Waals surface area contributed by atoms with Crippen molar-refractivity contribution in [2.75, 3.05) is 18.1 Å². The van der Waals surface area contributed by atoms with Gasteiger partial charge in [-0.15, -0.1) is 0 Å². The summed E-state index contributed by atoms with van der Waals surface area (Å²) >= 11 is 0. The molecule has 73 heavy (non-hydrogen) atoms. The number of benzene rings is 3. The molecule has 1 fully saturated rings. The van der Waals surface area contributed by atoms with Crippen molar-refractivity contribution in [2.24, 2.45) is 11.5 Å². The standard InChI is InChI=1S/C49H64N10O12S2/c1-26(60)40-48(69)57-39(47(68)59-41(27(2)61)49(70)71)25-73-72-24-38(56-42(63)33(51)20-28-10-4-3-5-11-28)46(67)54-36(21-29-15-17-31(62)18-16-29)44(65)55-37(22-30-23-52-34-13-7-6-12-32(30)34)45(66)53-35(43(64)58-40)14-8-9-19-50/h3-7,10-13,15-18,23,26-27,33,35-41,52,60-62H,8-9,14,19-22,24-25,50-51H2,1-2H3,(H,53,66)(H,54,67)(H,55,65)(H,56,63)(H,57,69)(H,58,64)(H,59,68)(H,70,71)/t26-,27-,33-,35+,36+,37-,38+,39+,40-,41+/m1/s1. The number of aromatic hydroxyl groups is 1. The number of rotatable bonds is 17. The van der Waals surface area contributed by atoms with Crippen molar-refractivity contribution in [2.45, 2.75) is 113 Å². The highest BCUT2D eigenvalue weighted by Crippen LogP contribution is 2.25. The monoisotopic (exact) mass is 1050 g/mol. The Morgan fingerprint density at radius 3 is 2.00 bits per heavy atom. The highest BCUT2D eigenvalue weighted by molar-refractivity contribution is 8.76. The number of amides is 7. The van der Waals surface area contributed by atoms with E-state index in [0.29, 0.717) is 24.0 Å². The van der Waals surface area contributed by atoms with Gasteiger partial charge >= 0.3 is 5.97 Å². The molecule has 10 atom stereocenters. The third kappa shape index (κ3) is 17.2. The number of carbonyl (C=O) groups is 8. The molecule has 16 N–H and O–H groups in total.